The second-order valence-electron chi connectivity index (χ2n) is 6.47. The van der Waals surface area contributed by atoms with Crippen LogP contribution >= 0.6 is 11.3 Å². The van der Waals surface area contributed by atoms with Gasteiger partial charge in [-0.1, -0.05) is 31.6 Å². The van der Waals surface area contributed by atoms with E-state index >= 15 is 0 Å². The Labute approximate surface area is 153 Å². The van der Waals surface area contributed by atoms with E-state index in [-0.39, 0.29) is 11.8 Å². The molecule has 6 heteroatoms. The van der Waals surface area contributed by atoms with Crippen LogP contribution < -0.4 is 9.64 Å². The van der Waals surface area contributed by atoms with Gasteiger partial charge < -0.3 is 9.64 Å². The first-order valence-corrected chi connectivity index (χ1v) is 9.96. The average Bonchev–Trinajstić information content (AvgIpc) is 2.99. The van der Waals surface area contributed by atoms with E-state index in [1.807, 2.05) is 23.1 Å². The zero-order valence-electron chi connectivity index (χ0n) is 15.3. The standard InChI is InChI=1S/C19H27N3O2S/c1-4-21(5-2)11-12-22(18(23)14-7-6-8-14)19-20-16-10-9-15(24-3)13-17(16)25-19/h9-10,13-14H,4-8,11-12H2,1-3H3. The van der Waals surface area contributed by atoms with Gasteiger partial charge in [0.25, 0.3) is 0 Å². The van der Waals surface area contributed by atoms with Crippen LogP contribution in [-0.4, -0.2) is 49.1 Å². The number of rotatable bonds is 8. The summed E-state index contributed by atoms with van der Waals surface area (Å²) >= 11 is 1.58. The van der Waals surface area contributed by atoms with Gasteiger partial charge in [-0.25, -0.2) is 4.98 Å². The first-order valence-electron chi connectivity index (χ1n) is 9.14. The van der Waals surface area contributed by atoms with Crippen molar-refractivity contribution in [1.29, 1.82) is 0 Å². The third-order valence-electron chi connectivity index (χ3n) is 5.07. The summed E-state index contributed by atoms with van der Waals surface area (Å²) < 4.78 is 6.36. The molecule has 1 aromatic heterocycles. The molecular formula is C19H27N3O2S. The average molecular weight is 362 g/mol. The summed E-state index contributed by atoms with van der Waals surface area (Å²) in [6.45, 7) is 7.90. The zero-order chi connectivity index (χ0) is 17.8. The predicted molar refractivity (Wildman–Crippen MR) is 104 cm³/mol. The van der Waals surface area contributed by atoms with E-state index in [0.717, 1.165) is 60.0 Å². The minimum absolute atomic E-state index is 0.179. The maximum Gasteiger partial charge on any atom is 0.231 e. The molecule has 0 aliphatic heterocycles. The van der Waals surface area contributed by atoms with Gasteiger partial charge >= 0.3 is 0 Å². The third kappa shape index (κ3) is 3.96. The van der Waals surface area contributed by atoms with E-state index < -0.39 is 0 Å². The number of benzene rings is 1. The van der Waals surface area contributed by atoms with Crippen LogP contribution in [0, 0.1) is 5.92 Å². The largest absolute Gasteiger partial charge is 0.497 e. The number of amides is 1. The van der Waals surface area contributed by atoms with Crippen molar-refractivity contribution in [3.05, 3.63) is 18.2 Å². The summed E-state index contributed by atoms with van der Waals surface area (Å²) in [6.07, 6.45) is 3.19. The molecule has 0 unspecified atom stereocenters. The number of carbonyl (C=O) groups excluding carboxylic acids is 1. The SMILES string of the molecule is CCN(CC)CCN(C(=O)C1CCC1)c1nc2ccc(OC)cc2s1. The number of fused-ring (bicyclic) bond motifs is 1. The van der Waals surface area contributed by atoms with E-state index in [0.29, 0.717) is 6.54 Å². The minimum Gasteiger partial charge on any atom is -0.497 e. The molecule has 0 atom stereocenters. The summed E-state index contributed by atoms with van der Waals surface area (Å²) in [5.41, 5.74) is 0.926. The smallest absolute Gasteiger partial charge is 0.231 e. The van der Waals surface area contributed by atoms with Crippen molar-refractivity contribution >= 4 is 32.6 Å². The molecule has 25 heavy (non-hydrogen) atoms. The van der Waals surface area contributed by atoms with Gasteiger partial charge in [0.2, 0.25) is 5.91 Å². The Balaban J connectivity index is 1.85. The molecule has 1 saturated carbocycles. The van der Waals surface area contributed by atoms with Gasteiger partial charge in [0, 0.05) is 19.0 Å². The highest BCUT2D eigenvalue weighted by Gasteiger charge is 2.31. The van der Waals surface area contributed by atoms with Gasteiger partial charge in [0.05, 0.1) is 17.3 Å². The Morgan fingerprint density at radius 1 is 1.28 bits per heavy atom. The first kappa shape index (κ1) is 18.1. The Kier molecular flexibility index (Phi) is 5.91. The highest BCUT2D eigenvalue weighted by Crippen LogP contribution is 2.35. The molecule has 0 spiro atoms. The lowest BCUT2D eigenvalue weighted by molar-refractivity contribution is -0.124. The number of hydrogen-bond donors (Lipinski definition) is 0. The van der Waals surface area contributed by atoms with Crippen molar-refractivity contribution in [2.75, 3.05) is 38.2 Å². The highest BCUT2D eigenvalue weighted by molar-refractivity contribution is 7.22. The normalized spacial score (nSPS) is 14.7. The maximum absolute atomic E-state index is 13.0. The number of hydrogen-bond acceptors (Lipinski definition) is 5. The van der Waals surface area contributed by atoms with Crippen LogP contribution in [0.15, 0.2) is 18.2 Å². The number of carbonyl (C=O) groups is 1. The van der Waals surface area contributed by atoms with Crippen LogP contribution in [0.1, 0.15) is 33.1 Å². The molecule has 0 radical (unpaired) electrons. The maximum atomic E-state index is 13.0. The monoisotopic (exact) mass is 361 g/mol. The quantitative estimate of drug-likeness (QED) is 0.718. The molecule has 0 saturated heterocycles. The van der Waals surface area contributed by atoms with E-state index in [1.165, 1.54) is 0 Å². The van der Waals surface area contributed by atoms with Crippen LogP contribution in [0.25, 0.3) is 10.2 Å². The fraction of sp³-hybridized carbons (Fsp3) is 0.579. The zero-order valence-corrected chi connectivity index (χ0v) is 16.1. The fourth-order valence-electron chi connectivity index (χ4n) is 3.09. The molecule has 5 nitrogen and oxygen atoms in total. The molecule has 1 heterocycles. The van der Waals surface area contributed by atoms with Crippen LogP contribution in [0.3, 0.4) is 0 Å². The first-order chi connectivity index (χ1) is 12.2. The van der Waals surface area contributed by atoms with Crippen molar-refractivity contribution in [3.63, 3.8) is 0 Å². The summed E-state index contributed by atoms with van der Waals surface area (Å²) in [6, 6.07) is 5.87. The van der Waals surface area contributed by atoms with Crippen LogP contribution in [-0.2, 0) is 4.79 Å². The second kappa shape index (κ2) is 8.15. The van der Waals surface area contributed by atoms with Gasteiger partial charge in [0.1, 0.15) is 5.75 Å². The molecule has 1 aromatic carbocycles. The van der Waals surface area contributed by atoms with Crippen molar-refractivity contribution in [2.45, 2.75) is 33.1 Å². The molecule has 1 amide bonds. The van der Waals surface area contributed by atoms with E-state index in [1.54, 1.807) is 18.4 Å². The molecule has 2 aromatic rings. The van der Waals surface area contributed by atoms with Crippen molar-refractivity contribution < 1.29 is 9.53 Å². The number of methoxy groups -OCH3 is 1. The summed E-state index contributed by atoms with van der Waals surface area (Å²) in [4.78, 5) is 22.0. The lowest BCUT2D eigenvalue weighted by atomic mass is 9.84. The topological polar surface area (TPSA) is 45.7 Å². The van der Waals surface area contributed by atoms with Crippen LogP contribution in [0.4, 0.5) is 5.13 Å². The van der Waals surface area contributed by atoms with E-state index in [2.05, 4.69) is 18.7 Å². The predicted octanol–water partition coefficient (Wildman–Crippen LogP) is 3.78. The fourth-order valence-corrected chi connectivity index (χ4v) is 4.12. The van der Waals surface area contributed by atoms with Gasteiger partial charge in [-0.05, 0) is 44.1 Å². The van der Waals surface area contributed by atoms with Crippen molar-refractivity contribution in [3.8, 4) is 5.75 Å². The molecule has 1 aliphatic rings. The molecule has 0 N–H and O–H groups in total. The number of anilines is 1. The summed E-state index contributed by atoms with van der Waals surface area (Å²) in [5, 5.41) is 0.812. The lowest BCUT2D eigenvalue weighted by Gasteiger charge is -2.31. The van der Waals surface area contributed by atoms with Crippen LogP contribution in [0.5, 0.6) is 5.75 Å². The Hall–Kier alpha value is -1.66. The van der Waals surface area contributed by atoms with Gasteiger partial charge in [0.15, 0.2) is 5.13 Å². The summed E-state index contributed by atoms with van der Waals surface area (Å²) in [5.74, 6) is 1.24. The second-order valence-corrected chi connectivity index (χ2v) is 7.48. The summed E-state index contributed by atoms with van der Waals surface area (Å²) in [7, 11) is 1.67. The van der Waals surface area contributed by atoms with Gasteiger partial charge in [-0.15, -0.1) is 0 Å². The van der Waals surface area contributed by atoms with Gasteiger partial charge in [-0.3, -0.25) is 9.69 Å². The van der Waals surface area contributed by atoms with Gasteiger partial charge in [-0.2, -0.15) is 0 Å². The molecule has 1 aliphatic carbocycles. The molecular weight excluding hydrogens is 334 g/mol. The Morgan fingerprint density at radius 2 is 2.04 bits per heavy atom. The minimum atomic E-state index is 0.179. The van der Waals surface area contributed by atoms with E-state index in [4.69, 9.17) is 9.72 Å². The molecule has 0 bridgehead atoms. The Morgan fingerprint density at radius 3 is 2.64 bits per heavy atom. The van der Waals surface area contributed by atoms with Crippen molar-refractivity contribution in [2.24, 2.45) is 5.92 Å². The van der Waals surface area contributed by atoms with E-state index in [9.17, 15) is 4.79 Å². The molecule has 1 fully saturated rings. The van der Waals surface area contributed by atoms with Crippen LogP contribution in [0.2, 0.25) is 0 Å². The number of nitrogens with zero attached hydrogens (tertiary/aromatic N) is 3. The number of ether oxygens (including phenoxy) is 1. The van der Waals surface area contributed by atoms with Crippen molar-refractivity contribution in [1.82, 2.24) is 9.88 Å². The number of likely N-dealkylation sites (N-methyl/N-ethyl adjacent to an activating group) is 1. The molecule has 3 rings (SSSR count). The number of thiazole rings is 1. The lowest BCUT2D eigenvalue weighted by Crippen LogP contribution is -2.43. The highest BCUT2D eigenvalue weighted by atomic mass is 32.1. The Bertz CT molecular complexity index is 723. The third-order valence-corrected chi connectivity index (χ3v) is 6.11. The number of aromatic nitrogens is 1. The molecule has 136 valence electrons.